The maximum absolute atomic E-state index is 12.0. The quantitative estimate of drug-likeness (QED) is 0.740. The minimum Gasteiger partial charge on any atom is -0.338 e. The van der Waals surface area contributed by atoms with E-state index >= 15 is 0 Å². The lowest BCUT2D eigenvalue weighted by atomic mass is 9.80. The van der Waals surface area contributed by atoms with Crippen molar-refractivity contribution < 1.29 is 4.79 Å². The van der Waals surface area contributed by atoms with Crippen LogP contribution in [0.15, 0.2) is 24.3 Å². The summed E-state index contributed by atoms with van der Waals surface area (Å²) >= 11 is 2.30. The molecular formula is C15H20INO. The third-order valence-electron chi connectivity index (χ3n) is 3.73. The lowest BCUT2D eigenvalue weighted by Crippen LogP contribution is -2.27. The van der Waals surface area contributed by atoms with Crippen LogP contribution in [0.3, 0.4) is 0 Å². The van der Waals surface area contributed by atoms with Gasteiger partial charge in [-0.05, 0) is 51.6 Å². The van der Waals surface area contributed by atoms with Gasteiger partial charge in [-0.2, -0.15) is 0 Å². The van der Waals surface area contributed by atoms with Crippen LogP contribution in [0.2, 0.25) is 0 Å². The summed E-state index contributed by atoms with van der Waals surface area (Å²) in [6.07, 6.45) is 0.702. The monoisotopic (exact) mass is 357 g/mol. The van der Waals surface area contributed by atoms with E-state index in [0.29, 0.717) is 18.2 Å². The summed E-state index contributed by atoms with van der Waals surface area (Å²) in [6.45, 7) is 8.31. The van der Waals surface area contributed by atoms with Gasteiger partial charge in [-0.1, -0.05) is 32.9 Å². The van der Waals surface area contributed by atoms with Gasteiger partial charge >= 0.3 is 0 Å². The first-order valence-corrected chi connectivity index (χ1v) is 7.46. The predicted octanol–water partition coefficient (Wildman–Crippen LogP) is 3.69. The zero-order valence-corrected chi connectivity index (χ0v) is 13.4. The Hall–Kier alpha value is -0.580. The molecule has 2 rings (SSSR count). The molecule has 1 saturated heterocycles. The lowest BCUT2D eigenvalue weighted by Gasteiger charge is -2.26. The molecule has 0 bridgehead atoms. The van der Waals surface area contributed by atoms with Crippen LogP contribution in [-0.4, -0.2) is 17.4 Å². The summed E-state index contributed by atoms with van der Waals surface area (Å²) in [4.78, 5) is 14.0. The highest BCUT2D eigenvalue weighted by Crippen LogP contribution is 2.34. The Morgan fingerprint density at radius 2 is 1.89 bits per heavy atom. The zero-order valence-electron chi connectivity index (χ0n) is 11.2. The van der Waals surface area contributed by atoms with Crippen molar-refractivity contribution in [1.82, 2.24) is 4.90 Å². The fraction of sp³-hybridized carbons (Fsp3) is 0.533. The molecule has 1 fully saturated rings. The number of hydrogen-bond acceptors (Lipinski definition) is 1. The van der Waals surface area contributed by atoms with Crippen LogP contribution in [-0.2, 0) is 11.3 Å². The van der Waals surface area contributed by atoms with Crippen molar-refractivity contribution in [3.63, 3.8) is 0 Å². The van der Waals surface area contributed by atoms with Gasteiger partial charge in [0.15, 0.2) is 0 Å². The fourth-order valence-electron chi connectivity index (χ4n) is 2.32. The first-order chi connectivity index (χ1) is 8.36. The molecular weight excluding hydrogens is 337 g/mol. The van der Waals surface area contributed by atoms with Crippen molar-refractivity contribution in [2.75, 3.05) is 6.54 Å². The molecule has 1 aromatic rings. The number of halogens is 1. The van der Waals surface area contributed by atoms with Crippen molar-refractivity contribution in [2.24, 2.45) is 11.3 Å². The number of hydrogen-bond donors (Lipinski definition) is 0. The number of carbonyl (C=O) groups is 1. The third-order valence-corrected chi connectivity index (χ3v) is 4.45. The van der Waals surface area contributed by atoms with E-state index in [-0.39, 0.29) is 5.41 Å². The molecule has 1 atom stereocenters. The summed E-state index contributed by atoms with van der Waals surface area (Å²) in [5, 5.41) is 0. The third kappa shape index (κ3) is 3.25. The Balaban J connectivity index is 2.03. The van der Waals surface area contributed by atoms with E-state index < -0.39 is 0 Å². The maximum Gasteiger partial charge on any atom is 0.223 e. The van der Waals surface area contributed by atoms with Gasteiger partial charge in [0.25, 0.3) is 0 Å². The molecule has 0 saturated carbocycles. The Bertz CT molecular complexity index is 433. The number of benzene rings is 1. The molecule has 0 radical (unpaired) electrons. The van der Waals surface area contributed by atoms with Crippen LogP contribution in [0.4, 0.5) is 0 Å². The molecule has 0 N–H and O–H groups in total. The van der Waals surface area contributed by atoms with Gasteiger partial charge in [0.1, 0.15) is 0 Å². The second-order valence-corrected chi connectivity index (χ2v) is 7.41. The summed E-state index contributed by atoms with van der Waals surface area (Å²) in [5.41, 5.74) is 1.44. The predicted molar refractivity (Wildman–Crippen MR) is 82.1 cm³/mol. The highest BCUT2D eigenvalue weighted by molar-refractivity contribution is 14.1. The molecule has 1 aliphatic heterocycles. The molecule has 2 nitrogen and oxygen atoms in total. The van der Waals surface area contributed by atoms with Crippen molar-refractivity contribution in [3.05, 3.63) is 33.4 Å². The smallest absolute Gasteiger partial charge is 0.223 e. The normalized spacial score (nSPS) is 20.6. The maximum atomic E-state index is 12.0. The Labute approximate surface area is 123 Å². The molecule has 1 heterocycles. The van der Waals surface area contributed by atoms with Crippen molar-refractivity contribution in [2.45, 2.75) is 33.7 Å². The first-order valence-electron chi connectivity index (χ1n) is 6.38. The molecule has 98 valence electrons. The van der Waals surface area contributed by atoms with Gasteiger partial charge in [-0.25, -0.2) is 0 Å². The van der Waals surface area contributed by atoms with Crippen LogP contribution in [0, 0.1) is 14.9 Å². The van der Waals surface area contributed by atoms with E-state index in [9.17, 15) is 4.79 Å². The van der Waals surface area contributed by atoms with Gasteiger partial charge in [-0.3, -0.25) is 4.79 Å². The van der Waals surface area contributed by atoms with Crippen LogP contribution in [0.25, 0.3) is 0 Å². The van der Waals surface area contributed by atoms with Crippen LogP contribution in [0.1, 0.15) is 32.8 Å². The van der Waals surface area contributed by atoms with E-state index in [1.54, 1.807) is 0 Å². The largest absolute Gasteiger partial charge is 0.338 e. The molecule has 1 aliphatic rings. The SMILES string of the molecule is CC(C)(C)C1CC(=O)N(Cc2ccc(I)cc2)C1. The van der Waals surface area contributed by atoms with Gasteiger partial charge in [-0.15, -0.1) is 0 Å². The van der Waals surface area contributed by atoms with Crippen LogP contribution < -0.4 is 0 Å². The average molecular weight is 357 g/mol. The first kappa shape index (κ1) is 13.8. The van der Waals surface area contributed by atoms with Gasteiger partial charge < -0.3 is 4.90 Å². The number of nitrogens with zero attached hydrogens (tertiary/aromatic N) is 1. The van der Waals surface area contributed by atoms with Crippen molar-refractivity contribution >= 4 is 28.5 Å². The van der Waals surface area contributed by atoms with Crippen molar-refractivity contribution in [3.8, 4) is 0 Å². The number of amides is 1. The minimum atomic E-state index is 0.219. The fourth-order valence-corrected chi connectivity index (χ4v) is 2.67. The molecule has 0 spiro atoms. The average Bonchev–Trinajstić information content (AvgIpc) is 2.63. The minimum absolute atomic E-state index is 0.219. The second-order valence-electron chi connectivity index (χ2n) is 6.17. The van der Waals surface area contributed by atoms with E-state index in [4.69, 9.17) is 0 Å². The van der Waals surface area contributed by atoms with Gasteiger partial charge in [0, 0.05) is 23.1 Å². The molecule has 1 amide bonds. The highest BCUT2D eigenvalue weighted by atomic mass is 127. The van der Waals surface area contributed by atoms with Gasteiger partial charge in [0.2, 0.25) is 5.91 Å². The van der Waals surface area contributed by atoms with E-state index in [2.05, 4.69) is 67.6 Å². The highest BCUT2D eigenvalue weighted by Gasteiger charge is 2.36. The zero-order chi connectivity index (χ0) is 13.3. The molecule has 0 aliphatic carbocycles. The second kappa shape index (κ2) is 5.19. The molecule has 0 aromatic heterocycles. The van der Waals surface area contributed by atoms with E-state index in [1.807, 2.05) is 4.90 Å². The Morgan fingerprint density at radius 1 is 1.28 bits per heavy atom. The summed E-state index contributed by atoms with van der Waals surface area (Å²) in [7, 11) is 0. The number of carbonyl (C=O) groups excluding carboxylic acids is 1. The Morgan fingerprint density at radius 3 is 2.39 bits per heavy atom. The van der Waals surface area contributed by atoms with Crippen LogP contribution in [0.5, 0.6) is 0 Å². The molecule has 18 heavy (non-hydrogen) atoms. The molecule has 1 aromatic carbocycles. The topological polar surface area (TPSA) is 20.3 Å². The number of rotatable bonds is 2. The van der Waals surface area contributed by atoms with E-state index in [1.165, 1.54) is 9.13 Å². The molecule has 3 heteroatoms. The van der Waals surface area contributed by atoms with E-state index in [0.717, 1.165) is 13.1 Å². The summed E-state index contributed by atoms with van der Waals surface area (Å²) in [6, 6.07) is 8.41. The van der Waals surface area contributed by atoms with Gasteiger partial charge in [0.05, 0.1) is 0 Å². The Kier molecular flexibility index (Phi) is 3.99. The van der Waals surface area contributed by atoms with Crippen LogP contribution >= 0.6 is 22.6 Å². The standard InChI is InChI=1S/C15H20INO/c1-15(2,3)12-8-14(18)17(10-12)9-11-4-6-13(16)7-5-11/h4-7,12H,8-10H2,1-3H3. The molecule has 1 unspecified atom stereocenters. The lowest BCUT2D eigenvalue weighted by molar-refractivity contribution is -0.128. The summed E-state index contributed by atoms with van der Waals surface area (Å²) in [5.74, 6) is 0.780. The summed E-state index contributed by atoms with van der Waals surface area (Å²) < 4.78 is 1.23. The van der Waals surface area contributed by atoms with Crippen molar-refractivity contribution in [1.29, 1.82) is 0 Å². The number of likely N-dealkylation sites (tertiary alicyclic amines) is 1.